The minimum absolute atomic E-state index is 0.269. The molecule has 1 aromatic heterocycles. The van der Waals surface area contributed by atoms with Gasteiger partial charge < -0.3 is 10.6 Å². The molecule has 0 unspecified atom stereocenters. The van der Waals surface area contributed by atoms with E-state index in [0.29, 0.717) is 17.9 Å². The Labute approximate surface area is 123 Å². The van der Waals surface area contributed by atoms with Crippen LogP contribution in [0.5, 0.6) is 0 Å². The lowest BCUT2D eigenvalue weighted by molar-refractivity contribution is 0.0957. The summed E-state index contributed by atoms with van der Waals surface area (Å²) in [6, 6.07) is 6.34. The zero-order valence-electron chi connectivity index (χ0n) is 12.2. The second kappa shape index (κ2) is 6.99. The van der Waals surface area contributed by atoms with Crippen molar-refractivity contribution in [1.82, 2.24) is 20.4 Å². The molecule has 0 aliphatic heterocycles. The second-order valence-corrected chi connectivity index (χ2v) is 4.72. The van der Waals surface area contributed by atoms with Gasteiger partial charge in [-0.1, -0.05) is 6.92 Å². The van der Waals surface area contributed by atoms with Crippen LogP contribution in [0.4, 0.5) is 4.39 Å². The molecule has 112 valence electrons. The summed E-state index contributed by atoms with van der Waals surface area (Å²) in [5.41, 5.74) is 1.74. The fourth-order valence-corrected chi connectivity index (χ4v) is 1.99. The van der Waals surface area contributed by atoms with Gasteiger partial charge in [-0.3, -0.25) is 4.79 Å². The van der Waals surface area contributed by atoms with Gasteiger partial charge in [0.2, 0.25) is 0 Å². The lowest BCUT2D eigenvalue weighted by Crippen LogP contribution is -2.18. The molecule has 0 atom stereocenters. The van der Waals surface area contributed by atoms with Crippen LogP contribution in [0.3, 0.4) is 0 Å². The van der Waals surface area contributed by atoms with Crippen LogP contribution >= 0.6 is 0 Å². The first kappa shape index (κ1) is 15.2. The maximum absolute atomic E-state index is 13.7. The highest BCUT2D eigenvalue weighted by molar-refractivity contribution is 5.91. The van der Waals surface area contributed by atoms with Crippen LogP contribution in [0, 0.1) is 5.82 Å². The van der Waals surface area contributed by atoms with Gasteiger partial charge in [0.25, 0.3) is 5.91 Å². The quantitative estimate of drug-likeness (QED) is 0.799. The molecule has 2 aromatic rings. The Morgan fingerprint density at radius 1 is 1.38 bits per heavy atom. The highest BCUT2D eigenvalue weighted by Gasteiger charge is 2.09. The number of benzene rings is 1. The number of nitrogens with zero attached hydrogens (tertiary/aromatic N) is 2. The summed E-state index contributed by atoms with van der Waals surface area (Å²) in [7, 11) is 1.54. The van der Waals surface area contributed by atoms with Gasteiger partial charge in [-0.2, -0.15) is 5.10 Å². The number of carbonyl (C=O) groups is 1. The summed E-state index contributed by atoms with van der Waals surface area (Å²) in [5.74, 6) is -0.590. The van der Waals surface area contributed by atoms with Crippen molar-refractivity contribution >= 4 is 5.91 Å². The maximum Gasteiger partial charge on any atom is 0.271 e. The molecular weight excluding hydrogens is 271 g/mol. The number of nitrogens with one attached hydrogen (secondary N) is 2. The Bertz CT molecular complexity index is 624. The molecule has 1 amide bonds. The van der Waals surface area contributed by atoms with E-state index in [-0.39, 0.29) is 11.7 Å². The minimum atomic E-state index is -0.321. The third-order valence-corrected chi connectivity index (χ3v) is 3.01. The zero-order chi connectivity index (χ0) is 15.2. The average Bonchev–Trinajstić information content (AvgIpc) is 2.96. The molecule has 1 aromatic carbocycles. The Morgan fingerprint density at radius 3 is 2.90 bits per heavy atom. The lowest BCUT2D eigenvalue weighted by Gasteiger charge is -2.07. The predicted octanol–water partition coefficient (Wildman–Crippen LogP) is 1.87. The smallest absolute Gasteiger partial charge is 0.271 e. The number of amides is 1. The Kier molecular flexibility index (Phi) is 5.05. The molecular formula is C15H19FN4O. The molecule has 0 radical (unpaired) electrons. The summed E-state index contributed by atoms with van der Waals surface area (Å²) >= 11 is 0. The number of aromatic nitrogens is 2. The Balaban J connectivity index is 2.22. The van der Waals surface area contributed by atoms with Gasteiger partial charge in [0.05, 0.1) is 5.69 Å². The van der Waals surface area contributed by atoms with Crippen molar-refractivity contribution in [3.05, 3.63) is 47.5 Å². The first-order chi connectivity index (χ1) is 10.1. The summed E-state index contributed by atoms with van der Waals surface area (Å²) in [5, 5.41) is 9.88. The molecule has 0 spiro atoms. The fraction of sp³-hybridized carbons (Fsp3) is 0.333. The number of rotatable bonds is 6. The van der Waals surface area contributed by atoms with Gasteiger partial charge in [0.1, 0.15) is 5.82 Å². The molecule has 0 saturated carbocycles. The van der Waals surface area contributed by atoms with Crippen molar-refractivity contribution in [3.8, 4) is 5.69 Å². The van der Waals surface area contributed by atoms with Crippen molar-refractivity contribution < 1.29 is 9.18 Å². The van der Waals surface area contributed by atoms with E-state index in [9.17, 15) is 9.18 Å². The largest absolute Gasteiger partial charge is 0.354 e. The molecule has 0 fully saturated rings. The van der Waals surface area contributed by atoms with E-state index in [1.165, 1.54) is 16.8 Å². The summed E-state index contributed by atoms with van der Waals surface area (Å²) in [6.07, 6.45) is 2.67. The van der Waals surface area contributed by atoms with Gasteiger partial charge in [0, 0.05) is 19.8 Å². The molecule has 0 saturated heterocycles. The Morgan fingerprint density at radius 2 is 2.19 bits per heavy atom. The van der Waals surface area contributed by atoms with Crippen molar-refractivity contribution in [2.45, 2.75) is 19.9 Å². The molecule has 2 rings (SSSR count). The van der Waals surface area contributed by atoms with E-state index >= 15 is 0 Å². The van der Waals surface area contributed by atoms with Crippen LogP contribution in [0.2, 0.25) is 0 Å². The third-order valence-electron chi connectivity index (χ3n) is 3.01. The average molecular weight is 290 g/mol. The van der Waals surface area contributed by atoms with Crippen LogP contribution in [0.15, 0.2) is 30.5 Å². The first-order valence-corrected chi connectivity index (χ1v) is 6.92. The van der Waals surface area contributed by atoms with Crippen LogP contribution < -0.4 is 10.6 Å². The standard InChI is InChI=1S/C15H19FN4O/c1-3-5-18-10-11-7-12(16)9-13(8-11)20-6-4-14(19-20)15(21)17-2/h4,6-9,18H,3,5,10H2,1-2H3,(H,17,21). The van der Waals surface area contributed by atoms with E-state index in [1.807, 2.05) is 6.07 Å². The van der Waals surface area contributed by atoms with Crippen molar-refractivity contribution in [1.29, 1.82) is 0 Å². The molecule has 2 N–H and O–H groups in total. The van der Waals surface area contributed by atoms with Crippen molar-refractivity contribution in [2.24, 2.45) is 0 Å². The van der Waals surface area contributed by atoms with E-state index in [2.05, 4.69) is 22.7 Å². The zero-order valence-corrected chi connectivity index (χ0v) is 12.2. The van der Waals surface area contributed by atoms with Crippen molar-refractivity contribution in [2.75, 3.05) is 13.6 Å². The van der Waals surface area contributed by atoms with E-state index < -0.39 is 0 Å². The predicted molar refractivity (Wildman–Crippen MR) is 78.9 cm³/mol. The van der Waals surface area contributed by atoms with Crippen LogP contribution in [0.1, 0.15) is 29.4 Å². The number of carbonyl (C=O) groups excluding carboxylic acids is 1. The van der Waals surface area contributed by atoms with Crippen LogP contribution in [0.25, 0.3) is 5.69 Å². The lowest BCUT2D eigenvalue weighted by atomic mass is 10.2. The second-order valence-electron chi connectivity index (χ2n) is 4.72. The van der Waals surface area contributed by atoms with Crippen molar-refractivity contribution in [3.63, 3.8) is 0 Å². The SMILES string of the molecule is CCCNCc1cc(F)cc(-n2ccc(C(=O)NC)n2)c1. The summed E-state index contributed by atoms with van der Waals surface area (Å²) < 4.78 is 15.2. The first-order valence-electron chi connectivity index (χ1n) is 6.92. The molecule has 21 heavy (non-hydrogen) atoms. The highest BCUT2D eigenvalue weighted by Crippen LogP contribution is 2.14. The Hall–Kier alpha value is -2.21. The maximum atomic E-state index is 13.7. The van der Waals surface area contributed by atoms with E-state index in [0.717, 1.165) is 18.5 Å². The molecule has 5 nitrogen and oxygen atoms in total. The molecule has 0 bridgehead atoms. The summed E-state index contributed by atoms with van der Waals surface area (Å²) in [6.45, 7) is 3.56. The number of hydrogen-bond donors (Lipinski definition) is 2. The summed E-state index contributed by atoms with van der Waals surface area (Å²) in [4.78, 5) is 11.5. The topological polar surface area (TPSA) is 59.0 Å². The van der Waals surface area contributed by atoms with Gasteiger partial charge in [-0.15, -0.1) is 0 Å². The minimum Gasteiger partial charge on any atom is -0.354 e. The monoisotopic (exact) mass is 290 g/mol. The third kappa shape index (κ3) is 3.88. The number of halogens is 1. The van der Waals surface area contributed by atoms with E-state index in [4.69, 9.17) is 0 Å². The number of hydrogen-bond acceptors (Lipinski definition) is 3. The van der Waals surface area contributed by atoms with Gasteiger partial charge in [-0.25, -0.2) is 9.07 Å². The molecule has 1 heterocycles. The molecule has 0 aliphatic rings. The van der Waals surface area contributed by atoms with Gasteiger partial charge in [0.15, 0.2) is 5.69 Å². The normalized spacial score (nSPS) is 10.6. The fourth-order valence-electron chi connectivity index (χ4n) is 1.99. The molecule has 0 aliphatic carbocycles. The molecule has 6 heteroatoms. The van der Waals surface area contributed by atoms with Gasteiger partial charge in [-0.05, 0) is 42.8 Å². The van der Waals surface area contributed by atoms with Crippen LogP contribution in [-0.2, 0) is 6.54 Å². The highest BCUT2D eigenvalue weighted by atomic mass is 19.1. The van der Waals surface area contributed by atoms with Gasteiger partial charge >= 0.3 is 0 Å². The van der Waals surface area contributed by atoms with Crippen LogP contribution in [-0.4, -0.2) is 29.3 Å². The van der Waals surface area contributed by atoms with E-state index in [1.54, 1.807) is 19.3 Å².